The Kier molecular flexibility index (Phi) is 4.81. The Morgan fingerprint density at radius 2 is 2.11 bits per heavy atom. The summed E-state index contributed by atoms with van der Waals surface area (Å²) in [5.74, 6) is 2.38. The molecule has 1 aliphatic carbocycles. The van der Waals surface area contributed by atoms with Crippen molar-refractivity contribution in [3.8, 4) is 0 Å². The maximum atomic E-state index is 5.41. The highest BCUT2D eigenvalue weighted by Crippen LogP contribution is 2.38. The summed E-state index contributed by atoms with van der Waals surface area (Å²) >= 11 is 0. The molecule has 19 heavy (non-hydrogen) atoms. The predicted octanol–water partition coefficient (Wildman–Crippen LogP) is 2.15. The van der Waals surface area contributed by atoms with Crippen LogP contribution in [0.4, 0.5) is 0 Å². The number of aromatic nitrogens is 2. The Balaban J connectivity index is 0.00000133. The number of nitrogens with one attached hydrogen (secondary N) is 1. The van der Waals surface area contributed by atoms with E-state index < -0.39 is 0 Å². The molecule has 108 valence electrons. The lowest BCUT2D eigenvalue weighted by molar-refractivity contribution is 0.322. The maximum Gasteiger partial charge on any atom is 0.243 e. The van der Waals surface area contributed by atoms with Gasteiger partial charge in [0.1, 0.15) is 0 Å². The molecule has 2 heterocycles. The molecule has 1 aromatic rings. The first-order valence-corrected chi connectivity index (χ1v) is 6.95. The van der Waals surface area contributed by atoms with Crippen LogP contribution in [0.15, 0.2) is 4.52 Å². The lowest BCUT2D eigenvalue weighted by Crippen LogP contribution is -2.30. The van der Waals surface area contributed by atoms with Gasteiger partial charge in [-0.3, -0.25) is 0 Å². The topological polar surface area (TPSA) is 54.2 Å². The molecule has 1 aromatic heterocycles. The number of nitrogens with zero attached hydrogens (tertiary/aromatic N) is 3. The summed E-state index contributed by atoms with van der Waals surface area (Å²) < 4.78 is 5.41. The van der Waals surface area contributed by atoms with Gasteiger partial charge in [0.25, 0.3) is 0 Å². The summed E-state index contributed by atoms with van der Waals surface area (Å²) in [5.41, 5.74) is 0. The van der Waals surface area contributed by atoms with Gasteiger partial charge in [-0.15, -0.1) is 12.4 Å². The SMILES string of the molecule is CN(C)Cc1noc(C2CC3CCCCC3N2)n1.Cl. The van der Waals surface area contributed by atoms with Crippen LogP contribution in [0.3, 0.4) is 0 Å². The van der Waals surface area contributed by atoms with Crippen LogP contribution < -0.4 is 5.32 Å². The zero-order valence-electron chi connectivity index (χ0n) is 11.6. The van der Waals surface area contributed by atoms with Crippen LogP contribution in [-0.4, -0.2) is 35.2 Å². The predicted molar refractivity (Wildman–Crippen MR) is 75.2 cm³/mol. The fourth-order valence-electron chi connectivity index (χ4n) is 3.27. The molecule has 0 aromatic carbocycles. The van der Waals surface area contributed by atoms with E-state index in [0.717, 1.165) is 30.6 Å². The van der Waals surface area contributed by atoms with Gasteiger partial charge in [-0.05, 0) is 39.3 Å². The molecule has 3 atom stereocenters. The van der Waals surface area contributed by atoms with E-state index in [-0.39, 0.29) is 18.4 Å². The minimum absolute atomic E-state index is 0. The fourth-order valence-corrected chi connectivity index (χ4v) is 3.27. The van der Waals surface area contributed by atoms with Crippen LogP contribution in [0.25, 0.3) is 0 Å². The van der Waals surface area contributed by atoms with Crippen molar-refractivity contribution in [3.63, 3.8) is 0 Å². The second-order valence-electron chi connectivity index (χ2n) is 5.89. The maximum absolute atomic E-state index is 5.41. The van der Waals surface area contributed by atoms with E-state index >= 15 is 0 Å². The van der Waals surface area contributed by atoms with E-state index in [9.17, 15) is 0 Å². The molecule has 0 spiro atoms. The van der Waals surface area contributed by atoms with Crippen LogP contribution >= 0.6 is 12.4 Å². The highest BCUT2D eigenvalue weighted by atomic mass is 35.5. The van der Waals surface area contributed by atoms with Gasteiger partial charge in [-0.1, -0.05) is 18.0 Å². The lowest BCUT2D eigenvalue weighted by atomic mass is 9.85. The molecule has 3 rings (SSSR count). The second kappa shape index (κ2) is 6.20. The average Bonchev–Trinajstić information content (AvgIpc) is 2.93. The first-order chi connectivity index (χ1) is 8.72. The summed E-state index contributed by atoms with van der Waals surface area (Å²) in [6.07, 6.45) is 6.56. The van der Waals surface area contributed by atoms with E-state index in [1.165, 1.54) is 25.7 Å². The van der Waals surface area contributed by atoms with E-state index in [4.69, 9.17) is 4.52 Å². The summed E-state index contributed by atoms with van der Waals surface area (Å²) in [5, 5.41) is 7.72. The Bertz CT molecular complexity index is 395. The normalized spacial score (nSPS) is 30.2. The summed E-state index contributed by atoms with van der Waals surface area (Å²) in [6.45, 7) is 0.739. The third-order valence-electron chi connectivity index (χ3n) is 4.10. The van der Waals surface area contributed by atoms with Crippen LogP contribution in [0.1, 0.15) is 49.9 Å². The van der Waals surface area contributed by atoms with Gasteiger partial charge < -0.3 is 14.7 Å². The molecule has 1 N–H and O–H groups in total. The van der Waals surface area contributed by atoms with E-state index in [1.54, 1.807) is 0 Å². The van der Waals surface area contributed by atoms with Gasteiger partial charge in [0.2, 0.25) is 5.89 Å². The van der Waals surface area contributed by atoms with Crippen molar-refractivity contribution in [2.45, 2.75) is 50.7 Å². The quantitative estimate of drug-likeness (QED) is 0.923. The largest absolute Gasteiger partial charge is 0.338 e. The molecule has 0 radical (unpaired) electrons. The van der Waals surface area contributed by atoms with Gasteiger partial charge in [-0.25, -0.2) is 0 Å². The first-order valence-electron chi connectivity index (χ1n) is 6.95. The third-order valence-corrected chi connectivity index (χ3v) is 4.10. The summed E-state index contributed by atoms with van der Waals surface area (Å²) in [7, 11) is 4.02. The van der Waals surface area contributed by atoms with Crippen molar-refractivity contribution >= 4 is 12.4 Å². The fraction of sp³-hybridized carbons (Fsp3) is 0.846. The molecule has 0 amide bonds. The Hall–Kier alpha value is -0.650. The van der Waals surface area contributed by atoms with Gasteiger partial charge in [0.15, 0.2) is 5.82 Å². The molecule has 1 aliphatic heterocycles. The number of hydrogen-bond acceptors (Lipinski definition) is 5. The Morgan fingerprint density at radius 3 is 2.84 bits per heavy atom. The number of halogens is 1. The molecule has 2 fully saturated rings. The number of hydrogen-bond donors (Lipinski definition) is 1. The summed E-state index contributed by atoms with van der Waals surface area (Å²) in [4.78, 5) is 6.56. The van der Waals surface area contributed by atoms with Crippen molar-refractivity contribution in [2.24, 2.45) is 5.92 Å². The Morgan fingerprint density at radius 1 is 1.32 bits per heavy atom. The smallest absolute Gasteiger partial charge is 0.243 e. The first kappa shape index (κ1) is 14.8. The highest BCUT2D eigenvalue weighted by Gasteiger charge is 2.38. The molecule has 6 heteroatoms. The van der Waals surface area contributed by atoms with E-state index in [0.29, 0.717) is 6.04 Å². The monoisotopic (exact) mass is 286 g/mol. The third kappa shape index (κ3) is 3.27. The average molecular weight is 287 g/mol. The summed E-state index contributed by atoms with van der Waals surface area (Å²) in [6, 6.07) is 0.953. The zero-order valence-corrected chi connectivity index (χ0v) is 12.4. The zero-order chi connectivity index (χ0) is 12.5. The lowest BCUT2D eigenvalue weighted by Gasteiger charge is -2.24. The molecule has 5 nitrogen and oxygen atoms in total. The van der Waals surface area contributed by atoms with Crippen LogP contribution in [0, 0.1) is 5.92 Å². The highest BCUT2D eigenvalue weighted by molar-refractivity contribution is 5.85. The van der Waals surface area contributed by atoms with Crippen molar-refractivity contribution in [1.29, 1.82) is 0 Å². The minimum atomic E-state index is 0. The molecule has 1 saturated heterocycles. The Labute approximate surface area is 120 Å². The molecular formula is C13H23ClN4O. The van der Waals surface area contributed by atoms with Gasteiger partial charge >= 0.3 is 0 Å². The van der Waals surface area contributed by atoms with Crippen LogP contribution in [-0.2, 0) is 6.54 Å². The molecule has 0 bridgehead atoms. The molecule has 3 unspecified atom stereocenters. The standard InChI is InChI=1S/C13H22N4O.ClH/c1-17(2)8-12-15-13(18-16-12)11-7-9-5-3-4-6-10(9)14-11;/h9-11,14H,3-8H2,1-2H3;1H. The van der Waals surface area contributed by atoms with Gasteiger partial charge in [0, 0.05) is 6.04 Å². The number of fused-ring (bicyclic) bond motifs is 1. The van der Waals surface area contributed by atoms with Crippen LogP contribution in [0.5, 0.6) is 0 Å². The second-order valence-corrected chi connectivity index (χ2v) is 5.89. The van der Waals surface area contributed by atoms with Crippen LogP contribution in [0.2, 0.25) is 0 Å². The van der Waals surface area contributed by atoms with Crippen molar-refractivity contribution in [1.82, 2.24) is 20.4 Å². The molecular weight excluding hydrogens is 264 g/mol. The molecule has 2 aliphatic rings. The van der Waals surface area contributed by atoms with Crippen molar-refractivity contribution < 1.29 is 4.52 Å². The van der Waals surface area contributed by atoms with Crippen molar-refractivity contribution in [2.75, 3.05) is 14.1 Å². The number of rotatable bonds is 3. The van der Waals surface area contributed by atoms with Crippen molar-refractivity contribution in [3.05, 3.63) is 11.7 Å². The van der Waals surface area contributed by atoms with E-state index in [1.807, 2.05) is 14.1 Å². The minimum Gasteiger partial charge on any atom is -0.338 e. The molecule has 1 saturated carbocycles. The van der Waals surface area contributed by atoms with Gasteiger partial charge in [0.05, 0.1) is 12.6 Å². The van der Waals surface area contributed by atoms with E-state index in [2.05, 4.69) is 20.4 Å². The van der Waals surface area contributed by atoms with Gasteiger partial charge in [-0.2, -0.15) is 4.98 Å².